The van der Waals surface area contributed by atoms with E-state index in [-0.39, 0.29) is 0 Å². The lowest BCUT2D eigenvalue weighted by Crippen LogP contribution is -2.09. The second-order valence-corrected chi connectivity index (χ2v) is 4.71. The summed E-state index contributed by atoms with van der Waals surface area (Å²) in [7, 11) is 0. The largest absolute Gasteiger partial charge is 0.367 e. The molecule has 0 spiro atoms. The highest BCUT2D eigenvalue weighted by atomic mass is 15.2. The molecule has 17 heavy (non-hydrogen) atoms. The van der Waals surface area contributed by atoms with Crippen molar-refractivity contribution < 1.29 is 0 Å². The Hall–Kier alpha value is -1.63. The van der Waals surface area contributed by atoms with Crippen LogP contribution in [0.2, 0.25) is 0 Å². The zero-order valence-electron chi connectivity index (χ0n) is 11.0. The van der Waals surface area contributed by atoms with Crippen molar-refractivity contribution >= 4 is 5.82 Å². The van der Waals surface area contributed by atoms with E-state index in [1.807, 2.05) is 13.8 Å². The van der Waals surface area contributed by atoms with Crippen molar-refractivity contribution in [2.45, 2.75) is 40.5 Å². The standard InChI is InChI=1S/C13H20N4/c1-9(2)6-5-7-15-13-12(8-14)10(3)11(4)16-17-13/h9H,5-7H2,1-4H3,(H,15,17). The van der Waals surface area contributed by atoms with E-state index in [0.717, 1.165) is 24.2 Å². The Kier molecular flexibility index (Phi) is 4.89. The molecule has 92 valence electrons. The van der Waals surface area contributed by atoms with Crippen LogP contribution in [0.4, 0.5) is 5.82 Å². The molecular formula is C13H20N4. The van der Waals surface area contributed by atoms with Crippen molar-refractivity contribution in [1.29, 1.82) is 5.26 Å². The molecule has 4 heteroatoms. The van der Waals surface area contributed by atoms with E-state index in [4.69, 9.17) is 5.26 Å². The molecule has 1 aromatic heterocycles. The molecule has 1 rings (SSSR count). The molecule has 0 aliphatic rings. The molecule has 0 unspecified atom stereocenters. The van der Waals surface area contributed by atoms with Crippen LogP contribution in [0.3, 0.4) is 0 Å². The van der Waals surface area contributed by atoms with Crippen LogP contribution in [-0.4, -0.2) is 16.7 Å². The summed E-state index contributed by atoms with van der Waals surface area (Å²) in [6.45, 7) is 9.02. The van der Waals surface area contributed by atoms with Gasteiger partial charge in [-0.05, 0) is 38.2 Å². The fourth-order valence-electron chi connectivity index (χ4n) is 1.59. The number of nitrogens with one attached hydrogen (secondary N) is 1. The van der Waals surface area contributed by atoms with Gasteiger partial charge in [0.2, 0.25) is 0 Å². The second-order valence-electron chi connectivity index (χ2n) is 4.71. The van der Waals surface area contributed by atoms with Gasteiger partial charge in [-0.25, -0.2) is 0 Å². The summed E-state index contributed by atoms with van der Waals surface area (Å²) in [5.74, 6) is 1.32. The second kappa shape index (κ2) is 6.19. The number of hydrogen-bond donors (Lipinski definition) is 1. The van der Waals surface area contributed by atoms with Crippen LogP contribution < -0.4 is 5.32 Å². The Morgan fingerprint density at radius 3 is 2.59 bits per heavy atom. The molecule has 1 heterocycles. The first-order valence-electron chi connectivity index (χ1n) is 6.04. The Balaban J connectivity index is 2.66. The average Bonchev–Trinajstić information content (AvgIpc) is 2.29. The van der Waals surface area contributed by atoms with Crippen molar-refractivity contribution in [3.05, 3.63) is 16.8 Å². The lowest BCUT2D eigenvalue weighted by molar-refractivity contribution is 0.566. The smallest absolute Gasteiger partial charge is 0.166 e. The molecule has 0 atom stereocenters. The predicted octanol–water partition coefficient (Wildman–Crippen LogP) is 2.81. The van der Waals surface area contributed by atoms with Crippen LogP contribution in [0.25, 0.3) is 0 Å². The molecule has 0 amide bonds. The van der Waals surface area contributed by atoms with Crippen LogP contribution in [0, 0.1) is 31.1 Å². The van der Waals surface area contributed by atoms with E-state index in [1.54, 1.807) is 0 Å². The van der Waals surface area contributed by atoms with Crippen molar-refractivity contribution in [3.63, 3.8) is 0 Å². The van der Waals surface area contributed by atoms with Gasteiger partial charge in [-0.3, -0.25) is 0 Å². The van der Waals surface area contributed by atoms with Crippen LogP contribution in [0.15, 0.2) is 0 Å². The van der Waals surface area contributed by atoms with Crippen LogP contribution in [0.1, 0.15) is 43.5 Å². The first kappa shape index (κ1) is 13.4. The number of rotatable bonds is 5. The minimum atomic E-state index is 0.611. The first-order valence-corrected chi connectivity index (χ1v) is 6.04. The van der Waals surface area contributed by atoms with Crippen LogP contribution in [0.5, 0.6) is 0 Å². The van der Waals surface area contributed by atoms with Gasteiger partial charge >= 0.3 is 0 Å². The number of aryl methyl sites for hydroxylation is 1. The summed E-state index contributed by atoms with van der Waals surface area (Å²) >= 11 is 0. The molecule has 0 aliphatic carbocycles. The fraction of sp³-hybridized carbons (Fsp3) is 0.615. The lowest BCUT2D eigenvalue weighted by Gasteiger charge is -2.10. The number of nitrogens with zero attached hydrogens (tertiary/aromatic N) is 3. The van der Waals surface area contributed by atoms with Crippen molar-refractivity contribution in [2.75, 3.05) is 11.9 Å². The van der Waals surface area contributed by atoms with Crippen LogP contribution >= 0.6 is 0 Å². The van der Waals surface area contributed by atoms with Gasteiger partial charge in [0, 0.05) is 6.54 Å². The monoisotopic (exact) mass is 232 g/mol. The molecule has 0 fully saturated rings. The maximum absolute atomic E-state index is 9.11. The predicted molar refractivity (Wildman–Crippen MR) is 68.8 cm³/mol. The summed E-state index contributed by atoms with van der Waals surface area (Å²) in [6, 6.07) is 2.19. The molecule has 0 saturated carbocycles. The Bertz CT molecular complexity index is 418. The highest BCUT2D eigenvalue weighted by molar-refractivity contribution is 5.55. The summed E-state index contributed by atoms with van der Waals surface area (Å²) in [6.07, 6.45) is 2.25. The molecule has 0 aliphatic heterocycles. The van der Waals surface area contributed by atoms with Crippen molar-refractivity contribution in [3.8, 4) is 6.07 Å². The molecule has 0 saturated heterocycles. The molecule has 1 N–H and O–H groups in total. The van der Waals surface area contributed by atoms with Gasteiger partial charge in [0.15, 0.2) is 5.82 Å². The molecular weight excluding hydrogens is 212 g/mol. The summed E-state index contributed by atoms with van der Waals surface area (Å²) in [4.78, 5) is 0. The zero-order valence-corrected chi connectivity index (χ0v) is 11.0. The minimum Gasteiger partial charge on any atom is -0.367 e. The summed E-state index contributed by atoms with van der Waals surface area (Å²) in [5.41, 5.74) is 2.34. The van der Waals surface area contributed by atoms with Gasteiger partial charge in [-0.1, -0.05) is 13.8 Å². The zero-order chi connectivity index (χ0) is 12.8. The van der Waals surface area contributed by atoms with Gasteiger partial charge in [0.25, 0.3) is 0 Å². The highest BCUT2D eigenvalue weighted by Gasteiger charge is 2.09. The quantitative estimate of drug-likeness (QED) is 0.793. The Labute approximate surface area is 103 Å². The van der Waals surface area contributed by atoms with E-state index < -0.39 is 0 Å². The van der Waals surface area contributed by atoms with Gasteiger partial charge in [-0.15, -0.1) is 5.10 Å². The van der Waals surface area contributed by atoms with E-state index in [9.17, 15) is 0 Å². The minimum absolute atomic E-state index is 0.611. The normalized spacial score (nSPS) is 10.4. The average molecular weight is 232 g/mol. The Morgan fingerprint density at radius 2 is 2.00 bits per heavy atom. The first-order chi connectivity index (χ1) is 8.06. The molecule has 0 bridgehead atoms. The number of nitriles is 1. The fourth-order valence-corrected chi connectivity index (χ4v) is 1.59. The van der Waals surface area contributed by atoms with Gasteiger partial charge in [-0.2, -0.15) is 10.4 Å². The lowest BCUT2D eigenvalue weighted by atomic mass is 10.1. The van der Waals surface area contributed by atoms with Crippen molar-refractivity contribution in [1.82, 2.24) is 10.2 Å². The third-order valence-electron chi connectivity index (χ3n) is 2.82. The Morgan fingerprint density at radius 1 is 1.29 bits per heavy atom. The van der Waals surface area contributed by atoms with Crippen LogP contribution in [-0.2, 0) is 0 Å². The third-order valence-corrected chi connectivity index (χ3v) is 2.82. The molecule has 0 aromatic carbocycles. The van der Waals surface area contributed by atoms with E-state index in [1.165, 1.54) is 6.42 Å². The topological polar surface area (TPSA) is 61.6 Å². The number of anilines is 1. The summed E-state index contributed by atoms with van der Waals surface area (Å²) < 4.78 is 0. The van der Waals surface area contributed by atoms with E-state index in [0.29, 0.717) is 17.3 Å². The van der Waals surface area contributed by atoms with Gasteiger partial charge in [0.05, 0.1) is 5.69 Å². The number of hydrogen-bond acceptors (Lipinski definition) is 4. The number of aromatic nitrogens is 2. The SMILES string of the molecule is Cc1nnc(NCCCC(C)C)c(C#N)c1C. The van der Waals surface area contributed by atoms with E-state index in [2.05, 4.69) is 35.4 Å². The summed E-state index contributed by atoms with van der Waals surface area (Å²) in [5, 5.41) is 20.4. The van der Waals surface area contributed by atoms with Gasteiger partial charge < -0.3 is 5.32 Å². The van der Waals surface area contributed by atoms with Gasteiger partial charge in [0.1, 0.15) is 11.6 Å². The third kappa shape index (κ3) is 3.70. The molecule has 1 aromatic rings. The highest BCUT2D eigenvalue weighted by Crippen LogP contribution is 2.17. The van der Waals surface area contributed by atoms with Crippen molar-refractivity contribution in [2.24, 2.45) is 5.92 Å². The molecule has 0 radical (unpaired) electrons. The maximum Gasteiger partial charge on any atom is 0.166 e. The maximum atomic E-state index is 9.11. The molecule has 4 nitrogen and oxygen atoms in total. The van der Waals surface area contributed by atoms with E-state index >= 15 is 0 Å².